The van der Waals surface area contributed by atoms with Crippen LogP contribution in [-0.2, 0) is 28.6 Å². The molecule has 0 spiro atoms. The number of carbonyl (C=O) groups excluding carboxylic acids is 3. The monoisotopic (exact) mass is 1130 g/mol. The van der Waals surface area contributed by atoms with Crippen LogP contribution in [0.3, 0.4) is 0 Å². The van der Waals surface area contributed by atoms with E-state index in [1.54, 1.807) is 0 Å². The van der Waals surface area contributed by atoms with Crippen molar-refractivity contribution in [3.63, 3.8) is 0 Å². The van der Waals surface area contributed by atoms with Crippen molar-refractivity contribution in [1.29, 1.82) is 0 Å². The molecule has 0 saturated heterocycles. The van der Waals surface area contributed by atoms with Crippen molar-refractivity contribution in [1.82, 2.24) is 0 Å². The molecule has 0 aliphatic rings. The van der Waals surface area contributed by atoms with Gasteiger partial charge in [-0.25, -0.2) is 0 Å². The summed E-state index contributed by atoms with van der Waals surface area (Å²) in [6, 6.07) is 0. The zero-order valence-corrected chi connectivity index (χ0v) is 53.5. The number of unbranched alkanes of at least 4 members (excludes halogenated alkanes) is 28. The molecule has 0 aromatic carbocycles. The van der Waals surface area contributed by atoms with Crippen molar-refractivity contribution in [3.05, 3.63) is 134 Å². The topological polar surface area (TPSA) is 78.9 Å². The number of carbonyl (C=O) groups is 3. The van der Waals surface area contributed by atoms with Crippen LogP contribution in [0.25, 0.3) is 0 Å². The van der Waals surface area contributed by atoms with Crippen molar-refractivity contribution in [3.8, 4) is 0 Å². The second kappa shape index (κ2) is 69.0. The summed E-state index contributed by atoms with van der Waals surface area (Å²) in [7, 11) is 0. The standard InChI is InChI=1S/C76H126O6/c1-4-7-10-13-16-19-21-23-25-27-29-31-33-35-36-37-38-39-40-42-43-45-47-49-51-53-55-57-60-63-66-69-75(78)81-72-73(71-80-74(77)68-65-62-59-18-15-12-9-6-3)82-76(79)70-67-64-61-58-56-54-52-50-48-46-44-41-34-32-30-28-26-24-22-20-17-14-11-8-5-2/h7-8,10-11,16-17,19-20,23-26,29-32,35-36,38-39,41,44,73H,4-6,9,12-15,18,21-22,27-28,33-34,37,40,42-43,45-72H2,1-3H3/b10-7-,11-8-,19-16-,20-17-,25-23-,26-24-,31-29-,32-30-,36-35-,39-38-,44-41-. The quantitative estimate of drug-likeness (QED) is 0.0261. The van der Waals surface area contributed by atoms with Crippen LogP contribution in [0.1, 0.15) is 310 Å². The van der Waals surface area contributed by atoms with E-state index < -0.39 is 6.10 Å². The molecule has 0 saturated carbocycles. The van der Waals surface area contributed by atoms with Crippen molar-refractivity contribution in [2.75, 3.05) is 13.2 Å². The molecule has 6 nitrogen and oxygen atoms in total. The third kappa shape index (κ3) is 66.4. The van der Waals surface area contributed by atoms with Gasteiger partial charge in [-0.1, -0.05) is 309 Å². The highest BCUT2D eigenvalue weighted by atomic mass is 16.6. The van der Waals surface area contributed by atoms with Gasteiger partial charge < -0.3 is 14.2 Å². The Hall–Kier alpha value is -4.45. The first-order valence-corrected chi connectivity index (χ1v) is 34.2. The number of esters is 3. The van der Waals surface area contributed by atoms with Crippen LogP contribution in [0.5, 0.6) is 0 Å². The Kier molecular flexibility index (Phi) is 65.3. The number of rotatable bonds is 61. The van der Waals surface area contributed by atoms with Gasteiger partial charge in [-0.3, -0.25) is 14.4 Å². The lowest BCUT2D eigenvalue weighted by atomic mass is 10.0. The molecule has 0 heterocycles. The molecule has 0 aliphatic heterocycles. The summed E-state index contributed by atoms with van der Waals surface area (Å²) in [6.45, 7) is 6.39. The van der Waals surface area contributed by atoms with Gasteiger partial charge in [-0.15, -0.1) is 0 Å². The molecule has 0 aromatic heterocycles. The average Bonchev–Trinajstić information content (AvgIpc) is 3.47. The molecular weight excluding hydrogens is 1010 g/mol. The molecule has 0 radical (unpaired) electrons. The highest BCUT2D eigenvalue weighted by Gasteiger charge is 2.19. The Morgan fingerprint density at radius 1 is 0.256 bits per heavy atom. The molecule has 0 amide bonds. The van der Waals surface area contributed by atoms with Crippen LogP contribution >= 0.6 is 0 Å². The van der Waals surface area contributed by atoms with Gasteiger partial charge in [0.05, 0.1) is 0 Å². The van der Waals surface area contributed by atoms with Gasteiger partial charge in [-0.05, 0) is 116 Å². The molecule has 0 rings (SSSR count). The SMILES string of the molecule is CC/C=C\C/C=C\C/C=C\C/C=C\C/C=C\C/C=C\CCCCCCCCCCCCCCC(=O)OCC(COC(=O)CCCCCCCCCC)OC(=O)CCCCCCCCCCC/C=C\C/C=C\C/C=C\C/C=C\C/C=C\CC. The van der Waals surface area contributed by atoms with Crippen LogP contribution in [-0.4, -0.2) is 37.2 Å². The lowest BCUT2D eigenvalue weighted by Gasteiger charge is -2.18. The fourth-order valence-electron chi connectivity index (χ4n) is 9.36. The average molecular weight is 1140 g/mol. The van der Waals surface area contributed by atoms with E-state index in [-0.39, 0.29) is 31.1 Å². The molecule has 0 N–H and O–H groups in total. The Morgan fingerprint density at radius 3 is 0.744 bits per heavy atom. The fourth-order valence-corrected chi connectivity index (χ4v) is 9.36. The number of allylic oxidation sites excluding steroid dienone is 22. The van der Waals surface area contributed by atoms with Gasteiger partial charge in [0, 0.05) is 19.3 Å². The number of hydrogen-bond acceptors (Lipinski definition) is 6. The van der Waals surface area contributed by atoms with E-state index in [0.29, 0.717) is 19.3 Å². The predicted octanol–water partition coefficient (Wildman–Crippen LogP) is 23.7. The third-order valence-corrected chi connectivity index (χ3v) is 14.4. The zero-order chi connectivity index (χ0) is 59.2. The largest absolute Gasteiger partial charge is 0.462 e. The van der Waals surface area contributed by atoms with Crippen LogP contribution in [0.2, 0.25) is 0 Å². The number of ether oxygens (including phenoxy) is 3. The first kappa shape index (κ1) is 77.5. The Morgan fingerprint density at radius 2 is 0.476 bits per heavy atom. The predicted molar refractivity (Wildman–Crippen MR) is 357 cm³/mol. The van der Waals surface area contributed by atoms with Gasteiger partial charge in [0.25, 0.3) is 0 Å². The second-order valence-electron chi connectivity index (χ2n) is 22.3. The smallest absolute Gasteiger partial charge is 0.306 e. The van der Waals surface area contributed by atoms with Crippen molar-refractivity contribution in [2.45, 2.75) is 316 Å². The van der Waals surface area contributed by atoms with Gasteiger partial charge in [0.2, 0.25) is 0 Å². The molecule has 0 aromatic rings. The van der Waals surface area contributed by atoms with E-state index in [4.69, 9.17) is 14.2 Å². The summed E-state index contributed by atoms with van der Waals surface area (Å²) in [5.41, 5.74) is 0. The van der Waals surface area contributed by atoms with Crippen LogP contribution < -0.4 is 0 Å². The van der Waals surface area contributed by atoms with Crippen molar-refractivity contribution < 1.29 is 28.6 Å². The summed E-state index contributed by atoms with van der Waals surface area (Å²) in [6.07, 6.45) is 97.7. The minimum Gasteiger partial charge on any atom is -0.462 e. The highest BCUT2D eigenvalue weighted by molar-refractivity contribution is 5.71. The third-order valence-electron chi connectivity index (χ3n) is 14.4. The second-order valence-corrected chi connectivity index (χ2v) is 22.3. The van der Waals surface area contributed by atoms with Crippen LogP contribution in [0.15, 0.2) is 134 Å². The van der Waals surface area contributed by atoms with E-state index in [9.17, 15) is 14.4 Å². The fraction of sp³-hybridized carbons (Fsp3) is 0.671. The molecule has 1 atom stereocenters. The summed E-state index contributed by atoms with van der Waals surface area (Å²) in [5, 5.41) is 0. The van der Waals surface area contributed by atoms with E-state index in [1.807, 2.05) is 0 Å². The molecule has 6 heteroatoms. The van der Waals surface area contributed by atoms with Gasteiger partial charge in [-0.2, -0.15) is 0 Å². The van der Waals surface area contributed by atoms with Crippen molar-refractivity contribution in [2.24, 2.45) is 0 Å². The molecule has 466 valence electrons. The lowest BCUT2D eigenvalue weighted by molar-refractivity contribution is -0.167. The molecule has 82 heavy (non-hydrogen) atoms. The summed E-state index contributed by atoms with van der Waals surface area (Å²) in [5.74, 6) is -0.888. The van der Waals surface area contributed by atoms with Gasteiger partial charge in [0.1, 0.15) is 13.2 Å². The maximum absolute atomic E-state index is 12.9. The summed E-state index contributed by atoms with van der Waals surface area (Å²) < 4.78 is 16.9. The maximum atomic E-state index is 12.9. The van der Waals surface area contributed by atoms with E-state index in [2.05, 4.69) is 154 Å². The lowest BCUT2D eigenvalue weighted by Crippen LogP contribution is -2.30. The summed E-state index contributed by atoms with van der Waals surface area (Å²) in [4.78, 5) is 38.2. The molecular formula is C76H126O6. The molecule has 1 unspecified atom stereocenters. The van der Waals surface area contributed by atoms with Gasteiger partial charge in [0.15, 0.2) is 6.10 Å². The van der Waals surface area contributed by atoms with Crippen LogP contribution in [0.4, 0.5) is 0 Å². The highest BCUT2D eigenvalue weighted by Crippen LogP contribution is 2.16. The minimum absolute atomic E-state index is 0.0811. The Labute approximate surface area is 506 Å². The van der Waals surface area contributed by atoms with E-state index >= 15 is 0 Å². The van der Waals surface area contributed by atoms with Crippen LogP contribution in [0, 0.1) is 0 Å². The molecule has 0 fully saturated rings. The summed E-state index contributed by atoms with van der Waals surface area (Å²) >= 11 is 0. The van der Waals surface area contributed by atoms with Crippen molar-refractivity contribution >= 4 is 17.9 Å². The first-order valence-electron chi connectivity index (χ1n) is 34.2. The normalized spacial score (nSPS) is 13.0. The molecule has 0 aliphatic carbocycles. The molecule has 0 bridgehead atoms. The Balaban J connectivity index is 4.17. The minimum atomic E-state index is -0.784. The number of hydrogen-bond donors (Lipinski definition) is 0. The first-order chi connectivity index (χ1) is 40.5. The van der Waals surface area contributed by atoms with E-state index in [0.717, 1.165) is 135 Å². The van der Waals surface area contributed by atoms with E-state index in [1.165, 1.54) is 135 Å². The zero-order valence-electron chi connectivity index (χ0n) is 53.5. The Bertz CT molecular complexity index is 1730. The van der Waals surface area contributed by atoms with Gasteiger partial charge >= 0.3 is 17.9 Å². The maximum Gasteiger partial charge on any atom is 0.306 e.